The Labute approximate surface area is 131 Å². The largest absolute Gasteiger partial charge is 0.480 e. The lowest BCUT2D eigenvalue weighted by Gasteiger charge is -2.26. The summed E-state index contributed by atoms with van der Waals surface area (Å²) in [6.07, 6.45) is 0.801. The van der Waals surface area contributed by atoms with Gasteiger partial charge >= 0.3 is 5.97 Å². The van der Waals surface area contributed by atoms with Crippen molar-refractivity contribution in [2.24, 2.45) is 0 Å². The Hall–Kier alpha value is -1.59. The second kappa shape index (κ2) is 9.37. The maximum Gasteiger partial charge on any atom is 0.317 e. The van der Waals surface area contributed by atoms with Crippen molar-refractivity contribution < 1.29 is 14.7 Å². The Morgan fingerprint density at radius 3 is 2.48 bits per heavy atom. The monoisotopic (exact) mass is 314 g/mol. The Morgan fingerprint density at radius 1 is 1.33 bits per heavy atom. The average Bonchev–Trinajstić information content (AvgIpc) is 2.39. The maximum atomic E-state index is 12.2. The summed E-state index contributed by atoms with van der Waals surface area (Å²) in [5, 5.41) is 11.8. The van der Waals surface area contributed by atoms with Gasteiger partial charge in [0.1, 0.15) is 0 Å². The lowest BCUT2D eigenvalue weighted by Crippen LogP contribution is -2.45. The minimum Gasteiger partial charge on any atom is -0.480 e. The number of carboxylic acids is 1. The Kier molecular flexibility index (Phi) is 8.66. The molecule has 0 aliphatic heterocycles. The van der Waals surface area contributed by atoms with Gasteiger partial charge in [-0.15, -0.1) is 12.4 Å². The van der Waals surface area contributed by atoms with Crippen molar-refractivity contribution in [1.82, 2.24) is 4.90 Å². The van der Waals surface area contributed by atoms with Crippen LogP contribution in [0, 0.1) is 6.92 Å². The summed E-state index contributed by atoms with van der Waals surface area (Å²) in [5.74, 6) is -1.11. The summed E-state index contributed by atoms with van der Waals surface area (Å²) in [7, 11) is 0. The molecule has 118 valence electrons. The van der Waals surface area contributed by atoms with Crippen molar-refractivity contribution in [3.63, 3.8) is 0 Å². The molecule has 1 aromatic rings. The molecule has 6 heteroatoms. The summed E-state index contributed by atoms with van der Waals surface area (Å²) in [5.41, 5.74) is 1.74. The van der Waals surface area contributed by atoms with Gasteiger partial charge in [0.15, 0.2) is 0 Å². The topological polar surface area (TPSA) is 69.6 Å². The first-order chi connectivity index (χ1) is 9.45. The number of para-hydroxylation sites is 1. The SMILES string of the molecule is CCCN(CC(=O)O)C(C)C(=O)Nc1ccccc1C.Cl. The highest BCUT2D eigenvalue weighted by Gasteiger charge is 2.22. The average molecular weight is 315 g/mol. The van der Waals surface area contributed by atoms with Crippen LogP contribution in [0.5, 0.6) is 0 Å². The van der Waals surface area contributed by atoms with E-state index in [1.165, 1.54) is 0 Å². The number of hydrogen-bond donors (Lipinski definition) is 2. The van der Waals surface area contributed by atoms with Crippen LogP contribution < -0.4 is 5.32 Å². The molecule has 1 unspecified atom stereocenters. The molecule has 2 N–H and O–H groups in total. The number of carbonyl (C=O) groups excluding carboxylic acids is 1. The van der Waals surface area contributed by atoms with Crippen LogP contribution in [0.4, 0.5) is 5.69 Å². The summed E-state index contributed by atoms with van der Waals surface area (Å²) >= 11 is 0. The zero-order valence-electron chi connectivity index (χ0n) is 12.6. The third-order valence-corrected chi connectivity index (χ3v) is 3.18. The van der Waals surface area contributed by atoms with Gasteiger partial charge in [-0.25, -0.2) is 0 Å². The van der Waals surface area contributed by atoms with Gasteiger partial charge in [0.25, 0.3) is 0 Å². The first-order valence-electron chi connectivity index (χ1n) is 6.78. The number of aryl methyl sites for hydroxylation is 1. The van der Waals surface area contributed by atoms with E-state index >= 15 is 0 Å². The maximum absolute atomic E-state index is 12.2. The predicted octanol–water partition coefficient (Wildman–Crippen LogP) is 2.54. The first kappa shape index (κ1) is 19.4. The molecule has 0 aliphatic carbocycles. The van der Waals surface area contributed by atoms with Crippen LogP contribution in [-0.4, -0.2) is 41.0 Å². The fraction of sp³-hybridized carbons (Fsp3) is 0.467. The van der Waals surface area contributed by atoms with Gasteiger partial charge in [-0.2, -0.15) is 0 Å². The quantitative estimate of drug-likeness (QED) is 0.811. The van der Waals surface area contributed by atoms with E-state index in [1.807, 2.05) is 38.1 Å². The van der Waals surface area contributed by atoms with E-state index in [4.69, 9.17) is 5.11 Å². The molecule has 0 fully saturated rings. The molecule has 0 radical (unpaired) electrons. The second-order valence-corrected chi connectivity index (χ2v) is 4.84. The second-order valence-electron chi connectivity index (χ2n) is 4.84. The number of carboxylic acid groups (broad SMARTS) is 1. The van der Waals surface area contributed by atoms with E-state index in [0.29, 0.717) is 6.54 Å². The van der Waals surface area contributed by atoms with Gasteiger partial charge in [0, 0.05) is 5.69 Å². The van der Waals surface area contributed by atoms with Crippen LogP contribution >= 0.6 is 12.4 Å². The van der Waals surface area contributed by atoms with Gasteiger partial charge in [0.2, 0.25) is 5.91 Å². The number of carbonyl (C=O) groups is 2. The van der Waals surface area contributed by atoms with Gasteiger partial charge in [0.05, 0.1) is 12.6 Å². The molecule has 1 rings (SSSR count). The van der Waals surface area contributed by atoms with E-state index in [2.05, 4.69) is 5.32 Å². The van der Waals surface area contributed by atoms with Crippen molar-refractivity contribution in [3.05, 3.63) is 29.8 Å². The molecule has 0 aromatic heterocycles. The third kappa shape index (κ3) is 6.14. The molecule has 21 heavy (non-hydrogen) atoms. The smallest absolute Gasteiger partial charge is 0.317 e. The van der Waals surface area contributed by atoms with E-state index in [-0.39, 0.29) is 24.9 Å². The molecule has 0 aliphatic rings. The van der Waals surface area contributed by atoms with E-state index in [9.17, 15) is 9.59 Å². The lowest BCUT2D eigenvalue weighted by atomic mass is 10.2. The number of rotatable bonds is 7. The number of aliphatic carboxylic acids is 1. The van der Waals surface area contributed by atoms with Crippen LogP contribution in [0.25, 0.3) is 0 Å². The molecule has 0 heterocycles. The fourth-order valence-corrected chi connectivity index (χ4v) is 1.99. The van der Waals surface area contributed by atoms with Crippen molar-refractivity contribution in [2.75, 3.05) is 18.4 Å². The van der Waals surface area contributed by atoms with E-state index in [0.717, 1.165) is 17.7 Å². The standard InChI is InChI=1S/C15H22N2O3.ClH/c1-4-9-17(10-14(18)19)12(3)15(20)16-13-8-6-5-7-11(13)2;/h5-8,12H,4,9-10H2,1-3H3,(H,16,20)(H,18,19);1H. The molecule has 0 spiro atoms. The molecule has 1 amide bonds. The van der Waals surface area contributed by atoms with Crippen molar-refractivity contribution in [2.45, 2.75) is 33.2 Å². The highest BCUT2D eigenvalue weighted by atomic mass is 35.5. The third-order valence-electron chi connectivity index (χ3n) is 3.18. The number of amides is 1. The Balaban J connectivity index is 0.00000400. The molecule has 0 saturated heterocycles. The van der Waals surface area contributed by atoms with Gasteiger partial charge in [-0.05, 0) is 38.4 Å². The van der Waals surface area contributed by atoms with Crippen molar-refractivity contribution in [1.29, 1.82) is 0 Å². The predicted molar refractivity (Wildman–Crippen MR) is 86.0 cm³/mol. The summed E-state index contributed by atoms with van der Waals surface area (Å²) in [4.78, 5) is 24.7. The number of nitrogens with one attached hydrogen (secondary N) is 1. The highest BCUT2D eigenvalue weighted by molar-refractivity contribution is 5.95. The molecule has 0 saturated carbocycles. The lowest BCUT2D eigenvalue weighted by molar-refractivity contribution is -0.139. The van der Waals surface area contributed by atoms with Gasteiger partial charge in [-0.3, -0.25) is 14.5 Å². The van der Waals surface area contributed by atoms with Crippen LogP contribution in [0.15, 0.2) is 24.3 Å². The van der Waals surface area contributed by atoms with Gasteiger partial charge < -0.3 is 10.4 Å². The molecular weight excluding hydrogens is 292 g/mol. The van der Waals surface area contributed by atoms with Crippen molar-refractivity contribution in [3.8, 4) is 0 Å². The number of halogens is 1. The molecule has 1 aromatic carbocycles. The number of benzene rings is 1. The summed E-state index contributed by atoms with van der Waals surface area (Å²) in [6, 6.07) is 7.03. The molecule has 0 bridgehead atoms. The number of hydrogen-bond acceptors (Lipinski definition) is 3. The molecular formula is C15H23ClN2O3. The van der Waals surface area contributed by atoms with E-state index < -0.39 is 12.0 Å². The highest BCUT2D eigenvalue weighted by Crippen LogP contribution is 2.14. The molecule has 1 atom stereocenters. The van der Waals surface area contributed by atoms with E-state index in [1.54, 1.807) is 11.8 Å². The first-order valence-corrected chi connectivity index (χ1v) is 6.78. The Bertz CT molecular complexity index is 480. The normalized spacial score (nSPS) is 11.6. The Morgan fingerprint density at radius 2 is 1.95 bits per heavy atom. The van der Waals surface area contributed by atoms with Crippen LogP contribution in [-0.2, 0) is 9.59 Å². The number of anilines is 1. The van der Waals surface area contributed by atoms with Crippen LogP contribution in [0.2, 0.25) is 0 Å². The summed E-state index contributed by atoms with van der Waals surface area (Å²) in [6.45, 7) is 6.05. The fourth-order valence-electron chi connectivity index (χ4n) is 1.99. The number of nitrogens with zero attached hydrogens (tertiary/aromatic N) is 1. The summed E-state index contributed by atoms with van der Waals surface area (Å²) < 4.78 is 0. The zero-order chi connectivity index (χ0) is 15.1. The molecule has 5 nitrogen and oxygen atoms in total. The van der Waals surface area contributed by atoms with Crippen LogP contribution in [0.3, 0.4) is 0 Å². The zero-order valence-corrected chi connectivity index (χ0v) is 13.4. The minimum atomic E-state index is -0.922. The van der Waals surface area contributed by atoms with Gasteiger partial charge in [-0.1, -0.05) is 25.1 Å². The van der Waals surface area contributed by atoms with Crippen molar-refractivity contribution >= 4 is 30.0 Å². The van der Waals surface area contributed by atoms with Crippen LogP contribution in [0.1, 0.15) is 25.8 Å². The minimum absolute atomic E-state index is 0.